The van der Waals surface area contributed by atoms with E-state index in [0.29, 0.717) is 11.0 Å². The minimum atomic E-state index is -0.895. The first-order chi connectivity index (χ1) is 6.59. The van der Waals surface area contributed by atoms with Crippen molar-refractivity contribution in [1.29, 1.82) is 0 Å². The molecule has 0 saturated carbocycles. The van der Waals surface area contributed by atoms with E-state index in [1.54, 1.807) is 4.68 Å². The highest BCUT2D eigenvalue weighted by atomic mass is 19.2. The fourth-order valence-corrected chi connectivity index (χ4v) is 1.32. The lowest BCUT2D eigenvalue weighted by Crippen LogP contribution is -2.02. The molecule has 0 bridgehead atoms. The maximum Gasteiger partial charge on any atom is 0.161 e. The molecule has 1 aromatic heterocycles. The molecule has 0 aliphatic rings. The van der Waals surface area contributed by atoms with Gasteiger partial charge in [-0.25, -0.2) is 13.5 Å². The van der Waals surface area contributed by atoms with Crippen LogP contribution < -0.4 is 0 Å². The van der Waals surface area contributed by atoms with Crippen molar-refractivity contribution in [3.63, 3.8) is 0 Å². The van der Waals surface area contributed by atoms with Crippen LogP contribution in [-0.2, 0) is 0 Å². The van der Waals surface area contributed by atoms with Crippen LogP contribution >= 0.6 is 0 Å². The Labute approximate surface area is 79.3 Å². The topological polar surface area (TPSA) is 30.7 Å². The number of hydrogen-bond acceptors (Lipinski definition) is 2. The van der Waals surface area contributed by atoms with Crippen molar-refractivity contribution in [2.45, 2.75) is 19.9 Å². The molecule has 0 aliphatic carbocycles. The third kappa shape index (κ3) is 1.25. The van der Waals surface area contributed by atoms with E-state index < -0.39 is 11.6 Å². The molecule has 0 amide bonds. The molecule has 3 nitrogen and oxygen atoms in total. The number of rotatable bonds is 1. The molecule has 14 heavy (non-hydrogen) atoms. The van der Waals surface area contributed by atoms with Crippen LogP contribution in [0.15, 0.2) is 12.1 Å². The molecule has 0 saturated heterocycles. The summed E-state index contributed by atoms with van der Waals surface area (Å²) in [4.78, 5) is 0. The summed E-state index contributed by atoms with van der Waals surface area (Å²) >= 11 is 0. The zero-order chi connectivity index (χ0) is 10.3. The van der Waals surface area contributed by atoms with Crippen molar-refractivity contribution in [2.24, 2.45) is 0 Å². The van der Waals surface area contributed by atoms with Crippen LogP contribution in [0, 0.1) is 11.6 Å². The largest absolute Gasteiger partial charge is 0.242 e. The van der Waals surface area contributed by atoms with Gasteiger partial charge in [-0.3, -0.25) is 0 Å². The second kappa shape index (κ2) is 3.01. The Balaban J connectivity index is 2.74. The molecule has 0 aliphatic heterocycles. The molecule has 0 spiro atoms. The number of halogens is 2. The summed E-state index contributed by atoms with van der Waals surface area (Å²) in [5, 5.41) is 7.56. The Hall–Kier alpha value is -1.52. The summed E-state index contributed by atoms with van der Waals surface area (Å²) in [5.74, 6) is -1.77. The lowest BCUT2D eigenvalue weighted by molar-refractivity contribution is 0.507. The zero-order valence-electron chi connectivity index (χ0n) is 7.83. The summed E-state index contributed by atoms with van der Waals surface area (Å²) < 4.78 is 27.3. The van der Waals surface area contributed by atoms with E-state index in [2.05, 4.69) is 10.3 Å². The van der Waals surface area contributed by atoms with Crippen LogP contribution in [0.4, 0.5) is 8.78 Å². The molecule has 2 rings (SSSR count). The molecule has 5 heteroatoms. The zero-order valence-corrected chi connectivity index (χ0v) is 7.83. The summed E-state index contributed by atoms with van der Waals surface area (Å²) in [6, 6.07) is 2.24. The molecular weight excluding hydrogens is 188 g/mol. The van der Waals surface area contributed by atoms with E-state index in [-0.39, 0.29) is 6.04 Å². The van der Waals surface area contributed by atoms with Crippen molar-refractivity contribution in [1.82, 2.24) is 15.0 Å². The van der Waals surface area contributed by atoms with Gasteiger partial charge in [0.05, 0.1) is 5.52 Å². The maximum absolute atomic E-state index is 12.9. The summed E-state index contributed by atoms with van der Waals surface area (Å²) in [6.07, 6.45) is 0. The Kier molecular flexibility index (Phi) is 1.94. The van der Waals surface area contributed by atoms with E-state index in [1.165, 1.54) is 0 Å². The lowest BCUT2D eigenvalue weighted by atomic mass is 10.3. The molecule has 0 radical (unpaired) electrons. The number of fused-ring (bicyclic) bond motifs is 1. The van der Waals surface area contributed by atoms with E-state index in [1.807, 2.05) is 13.8 Å². The van der Waals surface area contributed by atoms with Gasteiger partial charge in [-0.05, 0) is 13.8 Å². The highest BCUT2D eigenvalue weighted by Crippen LogP contribution is 2.18. The van der Waals surface area contributed by atoms with Gasteiger partial charge in [0.2, 0.25) is 0 Å². The van der Waals surface area contributed by atoms with E-state index in [4.69, 9.17) is 0 Å². The predicted octanol–water partition coefficient (Wildman–Crippen LogP) is 2.29. The number of benzene rings is 1. The minimum Gasteiger partial charge on any atom is -0.242 e. The van der Waals surface area contributed by atoms with Gasteiger partial charge in [-0.15, -0.1) is 5.10 Å². The standard InChI is InChI=1S/C9H9F2N3/c1-5(2)14-9-4-7(11)6(10)3-8(9)12-13-14/h3-5H,1-2H3. The molecule has 0 fully saturated rings. The lowest BCUT2D eigenvalue weighted by Gasteiger charge is -2.04. The van der Waals surface area contributed by atoms with Gasteiger partial charge in [0.25, 0.3) is 0 Å². The first-order valence-electron chi connectivity index (χ1n) is 4.29. The van der Waals surface area contributed by atoms with Crippen molar-refractivity contribution in [3.05, 3.63) is 23.8 Å². The second-order valence-corrected chi connectivity index (χ2v) is 3.38. The van der Waals surface area contributed by atoms with Crippen LogP contribution in [0.5, 0.6) is 0 Å². The number of nitrogens with zero attached hydrogens (tertiary/aromatic N) is 3. The van der Waals surface area contributed by atoms with Gasteiger partial charge in [0, 0.05) is 18.2 Å². The molecule has 1 heterocycles. The molecule has 0 N–H and O–H groups in total. The number of hydrogen-bond donors (Lipinski definition) is 0. The molecule has 1 aromatic carbocycles. The quantitative estimate of drug-likeness (QED) is 0.702. The maximum atomic E-state index is 12.9. The van der Waals surface area contributed by atoms with Crippen LogP contribution in [0.3, 0.4) is 0 Å². The Bertz CT molecular complexity index is 476. The molecule has 0 atom stereocenters. The molecule has 2 aromatic rings. The summed E-state index contributed by atoms with van der Waals surface area (Å²) in [5.41, 5.74) is 0.886. The third-order valence-corrected chi connectivity index (χ3v) is 2.00. The van der Waals surface area contributed by atoms with Crippen LogP contribution in [0.25, 0.3) is 11.0 Å². The first kappa shape index (κ1) is 9.05. The van der Waals surface area contributed by atoms with E-state index in [0.717, 1.165) is 12.1 Å². The Morgan fingerprint density at radius 2 is 1.86 bits per heavy atom. The number of aromatic nitrogens is 3. The summed E-state index contributed by atoms with van der Waals surface area (Å²) in [7, 11) is 0. The van der Waals surface area contributed by atoms with Crippen molar-refractivity contribution in [2.75, 3.05) is 0 Å². The molecule has 0 unspecified atom stereocenters. The molecule has 74 valence electrons. The average molecular weight is 197 g/mol. The van der Waals surface area contributed by atoms with Gasteiger partial charge in [0.1, 0.15) is 5.52 Å². The smallest absolute Gasteiger partial charge is 0.161 e. The average Bonchev–Trinajstić information content (AvgIpc) is 2.48. The van der Waals surface area contributed by atoms with Gasteiger partial charge in [-0.2, -0.15) is 0 Å². The van der Waals surface area contributed by atoms with E-state index >= 15 is 0 Å². The van der Waals surface area contributed by atoms with Crippen LogP contribution in [-0.4, -0.2) is 15.0 Å². The van der Waals surface area contributed by atoms with Crippen molar-refractivity contribution < 1.29 is 8.78 Å². The van der Waals surface area contributed by atoms with E-state index in [9.17, 15) is 8.78 Å². The second-order valence-electron chi connectivity index (χ2n) is 3.38. The first-order valence-corrected chi connectivity index (χ1v) is 4.29. The third-order valence-electron chi connectivity index (χ3n) is 2.00. The normalized spacial score (nSPS) is 11.5. The van der Waals surface area contributed by atoms with Gasteiger partial charge in [0.15, 0.2) is 11.6 Å². The van der Waals surface area contributed by atoms with Crippen molar-refractivity contribution in [3.8, 4) is 0 Å². The SMILES string of the molecule is CC(C)n1nnc2cc(F)c(F)cc21. The Morgan fingerprint density at radius 3 is 2.50 bits per heavy atom. The predicted molar refractivity (Wildman–Crippen MR) is 47.8 cm³/mol. The van der Waals surface area contributed by atoms with Gasteiger partial charge in [-0.1, -0.05) is 5.21 Å². The summed E-state index contributed by atoms with van der Waals surface area (Å²) in [6.45, 7) is 3.80. The molecular formula is C9H9F2N3. The van der Waals surface area contributed by atoms with Crippen molar-refractivity contribution >= 4 is 11.0 Å². The highest BCUT2D eigenvalue weighted by Gasteiger charge is 2.11. The Morgan fingerprint density at radius 1 is 1.21 bits per heavy atom. The van der Waals surface area contributed by atoms with Crippen LogP contribution in [0.2, 0.25) is 0 Å². The van der Waals surface area contributed by atoms with Gasteiger partial charge >= 0.3 is 0 Å². The fraction of sp³-hybridized carbons (Fsp3) is 0.333. The highest BCUT2D eigenvalue weighted by molar-refractivity contribution is 5.74. The monoisotopic (exact) mass is 197 g/mol. The minimum absolute atomic E-state index is 0.0739. The van der Waals surface area contributed by atoms with Gasteiger partial charge < -0.3 is 0 Å². The fourth-order valence-electron chi connectivity index (χ4n) is 1.32. The van der Waals surface area contributed by atoms with Crippen LogP contribution in [0.1, 0.15) is 19.9 Å².